The first kappa shape index (κ1) is 15.8. The fourth-order valence-corrected chi connectivity index (χ4v) is 4.98. The molecule has 1 atom stereocenters. The molecule has 1 aromatic carbocycles. The number of fused-ring (bicyclic) bond motifs is 1. The van der Waals surface area contributed by atoms with Gasteiger partial charge in [0.25, 0.3) is 0 Å². The lowest BCUT2D eigenvalue weighted by Crippen LogP contribution is -2.38. The van der Waals surface area contributed by atoms with E-state index in [9.17, 15) is 8.42 Å². The molecule has 2 heterocycles. The summed E-state index contributed by atoms with van der Waals surface area (Å²) < 4.78 is 32.8. The fraction of sp³-hybridized carbons (Fsp3) is 0.625. The molecule has 2 aliphatic rings. The molecule has 1 saturated heterocycles. The van der Waals surface area contributed by atoms with E-state index in [1.165, 1.54) is 0 Å². The summed E-state index contributed by atoms with van der Waals surface area (Å²) in [6, 6.07) is 5.57. The molecule has 0 aromatic heterocycles. The van der Waals surface area contributed by atoms with Crippen LogP contribution in [0, 0.1) is 0 Å². The molecule has 0 N–H and O–H groups in total. The SMILES string of the molecule is CCN(CC)[C@H]1CCN(S(=O)(=O)c2ccc3c(c2)CCO3)C1. The summed E-state index contributed by atoms with van der Waals surface area (Å²) in [6.07, 6.45) is 1.70. The Bertz CT molecular complexity index is 641. The summed E-state index contributed by atoms with van der Waals surface area (Å²) in [4.78, 5) is 2.74. The average molecular weight is 324 g/mol. The third kappa shape index (κ3) is 2.75. The summed E-state index contributed by atoms with van der Waals surface area (Å²) >= 11 is 0. The van der Waals surface area contributed by atoms with Crippen LogP contribution in [0.1, 0.15) is 25.8 Å². The molecular weight excluding hydrogens is 300 g/mol. The predicted molar refractivity (Wildman–Crippen MR) is 85.7 cm³/mol. The van der Waals surface area contributed by atoms with Gasteiger partial charge in [0.15, 0.2) is 0 Å². The van der Waals surface area contributed by atoms with Gasteiger partial charge < -0.3 is 4.74 Å². The van der Waals surface area contributed by atoms with Crippen molar-refractivity contribution >= 4 is 10.0 Å². The van der Waals surface area contributed by atoms with E-state index in [2.05, 4.69) is 18.7 Å². The molecule has 6 heteroatoms. The Morgan fingerprint density at radius 3 is 2.82 bits per heavy atom. The smallest absolute Gasteiger partial charge is 0.243 e. The maximum Gasteiger partial charge on any atom is 0.243 e. The second kappa shape index (κ2) is 6.18. The highest BCUT2D eigenvalue weighted by atomic mass is 32.2. The van der Waals surface area contributed by atoms with Crippen LogP contribution >= 0.6 is 0 Å². The van der Waals surface area contributed by atoms with Gasteiger partial charge in [-0.1, -0.05) is 13.8 Å². The predicted octanol–water partition coefficient (Wildman–Crippen LogP) is 1.73. The lowest BCUT2D eigenvalue weighted by Gasteiger charge is -2.26. The monoisotopic (exact) mass is 324 g/mol. The van der Waals surface area contributed by atoms with Crippen molar-refractivity contribution in [1.82, 2.24) is 9.21 Å². The summed E-state index contributed by atoms with van der Waals surface area (Å²) in [5.41, 5.74) is 1.00. The molecule has 0 unspecified atom stereocenters. The molecule has 0 saturated carbocycles. The van der Waals surface area contributed by atoms with Crippen LogP contribution in [0.5, 0.6) is 5.75 Å². The Kier molecular flexibility index (Phi) is 4.43. The highest BCUT2D eigenvalue weighted by molar-refractivity contribution is 7.89. The van der Waals surface area contributed by atoms with Crippen LogP contribution in [-0.4, -0.2) is 56.5 Å². The number of hydrogen-bond donors (Lipinski definition) is 0. The van der Waals surface area contributed by atoms with Crippen molar-refractivity contribution in [1.29, 1.82) is 0 Å². The molecule has 122 valence electrons. The standard InChI is InChI=1S/C16H24N2O3S/c1-3-17(4-2)14-7-9-18(12-14)22(19,20)15-5-6-16-13(11-15)8-10-21-16/h5-6,11,14H,3-4,7-10,12H2,1-2H3/t14-/m0/s1. The Balaban J connectivity index is 1.79. The number of benzene rings is 1. The van der Waals surface area contributed by atoms with Gasteiger partial charge in [-0.3, -0.25) is 4.90 Å². The Labute approximate surface area is 132 Å². The summed E-state index contributed by atoms with van der Waals surface area (Å²) in [5.74, 6) is 0.821. The molecule has 0 radical (unpaired) electrons. The van der Waals surface area contributed by atoms with E-state index in [4.69, 9.17) is 4.74 Å². The van der Waals surface area contributed by atoms with E-state index in [1.54, 1.807) is 22.5 Å². The molecule has 5 nitrogen and oxygen atoms in total. The van der Waals surface area contributed by atoms with Gasteiger partial charge in [-0.2, -0.15) is 4.31 Å². The van der Waals surface area contributed by atoms with Gasteiger partial charge >= 0.3 is 0 Å². The second-order valence-electron chi connectivity index (χ2n) is 5.89. The van der Waals surface area contributed by atoms with Crippen molar-refractivity contribution in [3.05, 3.63) is 23.8 Å². The van der Waals surface area contributed by atoms with Crippen LogP contribution in [0.3, 0.4) is 0 Å². The first-order valence-electron chi connectivity index (χ1n) is 8.06. The lowest BCUT2D eigenvalue weighted by atomic mass is 10.2. The third-order valence-corrected chi connectivity index (χ3v) is 6.61. The fourth-order valence-electron chi connectivity index (χ4n) is 3.44. The van der Waals surface area contributed by atoms with Gasteiger partial charge in [-0.25, -0.2) is 8.42 Å². The molecule has 0 spiro atoms. The molecular formula is C16H24N2O3S. The highest BCUT2D eigenvalue weighted by Gasteiger charge is 2.34. The summed E-state index contributed by atoms with van der Waals surface area (Å²) in [6.45, 7) is 8.03. The van der Waals surface area contributed by atoms with E-state index in [1.807, 2.05) is 0 Å². The topological polar surface area (TPSA) is 49.9 Å². The maximum atomic E-state index is 12.8. The van der Waals surface area contributed by atoms with Crippen LogP contribution in [-0.2, 0) is 16.4 Å². The van der Waals surface area contributed by atoms with Gasteiger partial charge in [0, 0.05) is 25.6 Å². The van der Waals surface area contributed by atoms with Crippen LogP contribution in [0.2, 0.25) is 0 Å². The normalized spacial score (nSPS) is 22.0. The molecule has 22 heavy (non-hydrogen) atoms. The number of hydrogen-bond acceptors (Lipinski definition) is 4. The van der Waals surface area contributed by atoms with E-state index in [0.717, 1.165) is 37.2 Å². The van der Waals surface area contributed by atoms with Crippen molar-refractivity contribution < 1.29 is 13.2 Å². The molecule has 1 fully saturated rings. The molecule has 0 aliphatic carbocycles. The minimum atomic E-state index is -3.39. The van der Waals surface area contributed by atoms with Crippen LogP contribution in [0.25, 0.3) is 0 Å². The van der Waals surface area contributed by atoms with Crippen LogP contribution < -0.4 is 4.74 Å². The third-order valence-electron chi connectivity index (χ3n) is 4.75. The average Bonchev–Trinajstić information content (AvgIpc) is 3.17. The zero-order valence-corrected chi connectivity index (χ0v) is 14.1. The van der Waals surface area contributed by atoms with Gasteiger partial charge in [-0.05, 0) is 43.3 Å². The Morgan fingerprint density at radius 1 is 1.32 bits per heavy atom. The summed E-state index contributed by atoms with van der Waals surface area (Å²) in [7, 11) is -3.39. The molecule has 0 bridgehead atoms. The molecule has 3 rings (SSSR count). The number of likely N-dealkylation sites (N-methyl/N-ethyl adjacent to an activating group) is 1. The first-order valence-corrected chi connectivity index (χ1v) is 9.50. The largest absolute Gasteiger partial charge is 0.493 e. The molecule has 0 amide bonds. The maximum absolute atomic E-state index is 12.8. The number of rotatable bonds is 5. The van der Waals surface area contributed by atoms with Crippen molar-refractivity contribution in [2.75, 3.05) is 32.8 Å². The zero-order chi connectivity index (χ0) is 15.7. The Morgan fingerprint density at radius 2 is 2.09 bits per heavy atom. The lowest BCUT2D eigenvalue weighted by molar-refractivity contribution is 0.224. The number of sulfonamides is 1. The van der Waals surface area contributed by atoms with Gasteiger partial charge in [0.05, 0.1) is 11.5 Å². The summed E-state index contributed by atoms with van der Waals surface area (Å²) in [5, 5.41) is 0. The van der Waals surface area contributed by atoms with Crippen molar-refractivity contribution in [3.8, 4) is 5.75 Å². The van der Waals surface area contributed by atoms with E-state index < -0.39 is 10.0 Å². The minimum Gasteiger partial charge on any atom is -0.493 e. The van der Waals surface area contributed by atoms with E-state index in [-0.39, 0.29) is 0 Å². The zero-order valence-electron chi connectivity index (χ0n) is 13.3. The van der Waals surface area contributed by atoms with Crippen LogP contribution in [0.4, 0.5) is 0 Å². The van der Waals surface area contributed by atoms with E-state index in [0.29, 0.717) is 30.6 Å². The van der Waals surface area contributed by atoms with Crippen molar-refractivity contribution in [2.45, 2.75) is 37.6 Å². The highest BCUT2D eigenvalue weighted by Crippen LogP contribution is 2.30. The number of ether oxygens (including phenoxy) is 1. The van der Waals surface area contributed by atoms with Gasteiger partial charge in [-0.15, -0.1) is 0 Å². The second-order valence-corrected chi connectivity index (χ2v) is 7.83. The molecule has 1 aromatic rings. The molecule has 2 aliphatic heterocycles. The van der Waals surface area contributed by atoms with Gasteiger partial charge in [0.1, 0.15) is 5.75 Å². The van der Waals surface area contributed by atoms with Crippen LogP contribution in [0.15, 0.2) is 23.1 Å². The first-order chi connectivity index (χ1) is 10.6. The van der Waals surface area contributed by atoms with Crippen molar-refractivity contribution in [2.24, 2.45) is 0 Å². The van der Waals surface area contributed by atoms with E-state index >= 15 is 0 Å². The number of nitrogens with zero attached hydrogens (tertiary/aromatic N) is 2. The quantitative estimate of drug-likeness (QED) is 0.828. The van der Waals surface area contributed by atoms with Crippen molar-refractivity contribution in [3.63, 3.8) is 0 Å². The minimum absolute atomic E-state index is 0.336. The Hall–Kier alpha value is -1.11. The van der Waals surface area contributed by atoms with Gasteiger partial charge in [0.2, 0.25) is 10.0 Å².